The number of rotatable bonds is 4. The van der Waals surface area contributed by atoms with Gasteiger partial charge in [-0.2, -0.15) is 0 Å². The van der Waals surface area contributed by atoms with E-state index in [1.165, 1.54) is 12.8 Å². The molecule has 0 unspecified atom stereocenters. The van der Waals surface area contributed by atoms with Gasteiger partial charge in [0, 0.05) is 13.2 Å². The average molecular weight is 230 g/mol. The predicted octanol–water partition coefficient (Wildman–Crippen LogP) is 2.23. The summed E-state index contributed by atoms with van der Waals surface area (Å²) in [7, 11) is 1.69. The van der Waals surface area contributed by atoms with E-state index in [0.29, 0.717) is 11.9 Å². The molecule has 2 rings (SSSR count). The van der Waals surface area contributed by atoms with E-state index in [1.54, 1.807) is 7.11 Å². The zero-order chi connectivity index (χ0) is 11.1. The molecule has 0 N–H and O–H groups in total. The lowest BCUT2D eigenvalue weighted by Crippen LogP contribution is -2.25. The van der Waals surface area contributed by atoms with Gasteiger partial charge in [0.05, 0.1) is 5.88 Å². The van der Waals surface area contributed by atoms with E-state index in [9.17, 15) is 0 Å². The molecule has 0 saturated heterocycles. The van der Waals surface area contributed by atoms with Crippen LogP contribution in [0.1, 0.15) is 44.4 Å². The lowest BCUT2D eigenvalue weighted by Gasteiger charge is -2.23. The lowest BCUT2D eigenvalue weighted by molar-refractivity contribution is 0.00804. The van der Waals surface area contributed by atoms with Crippen LogP contribution in [0.25, 0.3) is 0 Å². The summed E-state index contributed by atoms with van der Waals surface area (Å²) in [5, 5.41) is 8.31. The van der Waals surface area contributed by atoms with Crippen LogP contribution >= 0.6 is 11.6 Å². The van der Waals surface area contributed by atoms with Crippen molar-refractivity contribution in [2.75, 3.05) is 7.11 Å². The maximum atomic E-state index is 5.85. The summed E-state index contributed by atoms with van der Waals surface area (Å²) in [5.74, 6) is 2.13. The third-order valence-electron chi connectivity index (χ3n) is 2.85. The summed E-state index contributed by atoms with van der Waals surface area (Å²) in [6.07, 6.45) is 2.38. The van der Waals surface area contributed by atoms with E-state index in [2.05, 4.69) is 14.8 Å². The van der Waals surface area contributed by atoms with Crippen molar-refractivity contribution in [3.63, 3.8) is 0 Å². The Morgan fingerprint density at radius 1 is 1.47 bits per heavy atom. The Labute approximate surface area is 94.6 Å². The summed E-state index contributed by atoms with van der Waals surface area (Å²) in [5.41, 5.74) is -0.403. The first-order chi connectivity index (χ1) is 7.10. The number of ether oxygens (including phenoxy) is 1. The third-order valence-corrected chi connectivity index (χ3v) is 3.09. The maximum Gasteiger partial charge on any atom is 0.165 e. The fourth-order valence-electron chi connectivity index (χ4n) is 1.63. The highest BCUT2D eigenvalue weighted by atomic mass is 35.5. The summed E-state index contributed by atoms with van der Waals surface area (Å²) in [6.45, 7) is 3.99. The summed E-state index contributed by atoms with van der Waals surface area (Å²) in [6, 6.07) is 0.526. The fourth-order valence-corrected chi connectivity index (χ4v) is 1.82. The Hall–Kier alpha value is -0.610. The van der Waals surface area contributed by atoms with Crippen molar-refractivity contribution in [2.24, 2.45) is 0 Å². The SMILES string of the molecule is COC(C)(C)c1nnc(CCl)n1C1CC1. The highest BCUT2D eigenvalue weighted by molar-refractivity contribution is 6.16. The summed E-state index contributed by atoms with van der Waals surface area (Å²) < 4.78 is 7.57. The second-order valence-corrected chi connectivity index (χ2v) is 4.66. The Morgan fingerprint density at radius 2 is 2.13 bits per heavy atom. The van der Waals surface area contributed by atoms with Crippen molar-refractivity contribution in [1.29, 1.82) is 0 Å². The van der Waals surface area contributed by atoms with Crippen molar-refractivity contribution >= 4 is 11.6 Å². The van der Waals surface area contributed by atoms with Crippen LogP contribution in [-0.2, 0) is 16.2 Å². The number of methoxy groups -OCH3 is 1. The topological polar surface area (TPSA) is 39.9 Å². The number of alkyl halides is 1. The largest absolute Gasteiger partial charge is 0.371 e. The molecule has 5 heteroatoms. The Kier molecular flexibility index (Phi) is 2.73. The molecule has 0 amide bonds. The van der Waals surface area contributed by atoms with Crippen molar-refractivity contribution in [3.05, 3.63) is 11.6 Å². The van der Waals surface area contributed by atoms with Crippen LogP contribution in [0, 0.1) is 0 Å². The van der Waals surface area contributed by atoms with Crippen LogP contribution in [0.4, 0.5) is 0 Å². The molecule has 0 spiro atoms. The highest BCUT2D eigenvalue weighted by Gasteiger charge is 2.35. The van der Waals surface area contributed by atoms with Gasteiger partial charge < -0.3 is 9.30 Å². The van der Waals surface area contributed by atoms with Gasteiger partial charge in [0.15, 0.2) is 5.82 Å². The normalized spacial score (nSPS) is 17.1. The third kappa shape index (κ3) is 1.88. The molecule has 1 heterocycles. The Bertz CT molecular complexity index is 358. The molecule has 84 valence electrons. The molecule has 4 nitrogen and oxygen atoms in total. The van der Waals surface area contributed by atoms with Crippen LogP contribution in [0.5, 0.6) is 0 Å². The highest BCUT2D eigenvalue weighted by Crippen LogP contribution is 2.39. The standard InChI is InChI=1S/C10H16ClN3O/c1-10(2,15-3)9-13-12-8(6-11)14(9)7-4-5-7/h7H,4-6H2,1-3H3. The molecule has 0 aliphatic heterocycles. The van der Waals surface area contributed by atoms with Crippen molar-refractivity contribution in [1.82, 2.24) is 14.8 Å². The van der Waals surface area contributed by atoms with Gasteiger partial charge >= 0.3 is 0 Å². The van der Waals surface area contributed by atoms with Crippen LogP contribution < -0.4 is 0 Å². The van der Waals surface area contributed by atoms with Gasteiger partial charge in [-0.1, -0.05) is 0 Å². The molecule has 0 aromatic carbocycles. The minimum absolute atomic E-state index is 0.403. The number of aromatic nitrogens is 3. The second kappa shape index (κ2) is 3.76. The second-order valence-electron chi connectivity index (χ2n) is 4.39. The number of halogens is 1. The van der Waals surface area contributed by atoms with E-state index >= 15 is 0 Å². The molecule has 1 saturated carbocycles. The van der Waals surface area contributed by atoms with E-state index < -0.39 is 5.60 Å². The molecular weight excluding hydrogens is 214 g/mol. The molecule has 1 fully saturated rings. The van der Waals surface area contributed by atoms with Crippen molar-refractivity contribution in [3.8, 4) is 0 Å². The van der Waals surface area contributed by atoms with E-state index in [1.807, 2.05) is 13.8 Å². The van der Waals surface area contributed by atoms with Crippen LogP contribution in [0.2, 0.25) is 0 Å². The van der Waals surface area contributed by atoms with Gasteiger partial charge in [0.2, 0.25) is 0 Å². The molecule has 15 heavy (non-hydrogen) atoms. The van der Waals surface area contributed by atoms with E-state index in [-0.39, 0.29) is 0 Å². The predicted molar refractivity (Wildman–Crippen MR) is 57.9 cm³/mol. The van der Waals surface area contributed by atoms with Crippen LogP contribution in [0.3, 0.4) is 0 Å². The quantitative estimate of drug-likeness (QED) is 0.744. The molecule has 1 aromatic rings. The minimum atomic E-state index is -0.403. The zero-order valence-electron chi connectivity index (χ0n) is 9.33. The first kappa shape index (κ1) is 10.9. The maximum absolute atomic E-state index is 5.85. The molecule has 1 aliphatic rings. The molecule has 0 bridgehead atoms. The first-order valence-corrected chi connectivity index (χ1v) is 5.69. The average Bonchev–Trinajstić information content (AvgIpc) is 2.97. The van der Waals surface area contributed by atoms with Crippen LogP contribution in [-0.4, -0.2) is 21.9 Å². The number of nitrogens with zero attached hydrogens (tertiary/aromatic N) is 3. The van der Waals surface area contributed by atoms with Gasteiger partial charge in [-0.25, -0.2) is 0 Å². The van der Waals surface area contributed by atoms with E-state index in [0.717, 1.165) is 11.6 Å². The molecule has 1 aromatic heterocycles. The molecule has 0 radical (unpaired) electrons. The fraction of sp³-hybridized carbons (Fsp3) is 0.800. The van der Waals surface area contributed by atoms with Gasteiger partial charge in [-0.3, -0.25) is 0 Å². The molecular formula is C10H16ClN3O. The number of hydrogen-bond donors (Lipinski definition) is 0. The number of hydrogen-bond acceptors (Lipinski definition) is 3. The smallest absolute Gasteiger partial charge is 0.165 e. The van der Waals surface area contributed by atoms with Crippen molar-refractivity contribution < 1.29 is 4.74 Å². The zero-order valence-corrected chi connectivity index (χ0v) is 10.1. The van der Waals surface area contributed by atoms with Crippen LogP contribution in [0.15, 0.2) is 0 Å². The van der Waals surface area contributed by atoms with Crippen molar-refractivity contribution in [2.45, 2.75) is 44.2 Å². The monoisotopic (exact) mass is 229 g/mol. The van der Waals surface area contributed by atoms with E-state index in [4.69, 9.17) is 16.3 Å². The lowest BCUT2D eigenvalue weighted by atomic mass is 10.1. The van der Waals surface area contributed by atoms with Gasteiger partial charge in [-0.15, -0.1) is 21.8 Å². The molecule has 1 aliphatic carbocycles. The summed E-state index contributed by atoms with van der Waals surface area (Å²) >= 11 is 5.85. The van der Waals surface area contributed by atoms with Gasteiger partial charge in [-0.05, 0) is 26.7 Å². The van der Waals surface area contributed by atoms with Gasteiger partial charge in [0.25, 0.3) is 0 Å². The Morgan fingerprint density at radius 3 is 2.60 bits per heavy atom. The minimum Gasteiger partial charge on any atom is -0.371 e. The Balaban J connectivity index is 2.42. The summed E-state index contributed by atoms with van der Waals surface area (Å²) in [4.78, 5) is 0. The first-order valence-electron chi connectivity index (χ1n) is 5.15. The molecule has 0 atom stereocenters. The van der Waals surface area contributed by atoms with Gasteiger partial charge in [0.1, 0.15) is 11.4 Å².